The molecule has 0 spiro atoms. The number of aromatic amines is 1. The molecule has 0 aliphatic rings. The smallest absolute Gasteiger partial charge is 0.277 e. The van der Waals surface area contributed by atoms with Crippen molar-refractivity contribution < 1.29 is 9.21 Å². The molecule has 4 aromatic rings. The van der Waals surface area contributed by atoms with E-state index in [0.29, 0.717) is 27.7 Å². The first-order chi connectivity index (χ1) is 15.5. The molecular formula is C23H22Cl2N4O2S. The van der Waals surface area contributed by atoms with Crippen LogP contribution in [0.4, 0.5) is 0 Å². The number of hydrogen-bond acceptors (Lipinski definition) is 5. The fraction of sp³-hybridized carbons (Fsp3) is 0.261. The van der Waals surface area contributed by atoms with Crippen LogP contribution in [-0.4, -0.2) is 33.4 Å². The van der Waals surface area contributed by atoms with Crippen molar-refractivity contribution in [1.82, 2.24) is 20.5 Å². The van der Waals surface area contributed by atoms with Gasteiger partial charge in [-0.1, -0.05) is 72.6 Å². The number of rotatable bonds is 9. The maximum atomic E-state index is 12.4. The number of hydrogen-bond donors (Lipinski definition) is 2. The average Bonchev–Trinajstić information content (AvgIpc) is 3.42. The van der Waals surface area contributed by atoms with Crippen LogP contribution in [0.3, 0.4) is 0 Å². The summed E-state index contributed by atoms with van der Waals surface area (Å²) in [6, 6.07) is 13.4. The van der Waals surface area contributed by atoms with Crippen molar-refractivity contribution in [2.75, 3.05) is 12.3 Å². The molecule has 1 unspecified atom stereocenters. The first kappa shape index (κ1) is 22.7. The van der Waals surface area contributed by atoms with Crippen LogP contribution in [0, 0.1) is 0 Å². The fourth-order valence-corrected chi connectivity index (χ4v) is 4.75. The monoisotopic (exact) mass is 488 g/mol. The van der Waals surface area contributed by atoms with E-state index in [2.05, 4.69) is 27.4 Å². The van der Waals surface area contributed by atoms with Gasteiger partial charge in [0.1, 0.15) is 0 Å². The van der Waals surface area contributed by atoms with E-state index in [-0.39, 0.29) is 17.6 Å². The van der Waals surface area contributed by atoms with E-state index >= 15 is 0 Å². The van der Waals surface area contributed by atoms with Gasteiger partial charge in [-0.15, -0.1) is 10.2 Å². The second kappa shape index (κ2) is 10.4. The Labute approximate surface area is 200 Å². The molecule has 0 aliphatic heterocycles. The van der Waals surface area contributed by atoms with Gasteiger partial charge in [0.15, 0.2) is 0 Å². The molecule has 32 heavy (non-hydrogen) atoms. The number of nitrogens with zero attached hydrogens (tertiary/aromatic N) is 2. The predicted octanol–water partition coefficient (Wildman–Crippen LogP) is 6.32. The number of carbonyl (C=O) groups excluding carboxylic acids is 1. The van der Waals surface area contributed by atoms with Gasteiger partial charge in [0.05, 0.1) is 11.3 Å². The highest BCUT2D eigenvalue weighted by Gasteiger charge is 2.17. The van der Waals surface area contributed by atoms with Gasteiger partial charge in [0.25, 0.3) is 11.1 Å². The summed E-state index contributed by atoms with van der Waals surface area (Å²) >= 11 is 13.6. The molecular weight excluding hydrogens is 467 g/mol. The summed E-state index contributed by atoms with van der Waals surface area (Å²) < 4.78 is 5.76. The maximum Gasteiger partial charge on any atom is 0.277 e. The van der Waals surface area contributed by atoms with Gasteiger partial charge < -0.3 is 14.7 Å². The largest absolute Gasteiger partial charge is 0.411 e. The number of carbonyl (C=O) groups is 1. The van der Waals surface area contributed by atoms with Gasteiger partial charge in [-0.25, -0.2) is 0 Å². The van der Waals surface area contributed by atoms with Crippen LogP contribution >= 0.6 is 35.0 Å². The standard InChI is InChI=1S/C23H22Cl2N4O2S/c1-2-5-14(16-9-8-15(24)10-19(16)25)11-27-21(30)13-32-23-29-28-22(31-23)18-12-26-20-7-4-3-6-17(18)20/h3-4,6-10,12,14,26H,2,5,11,13H2,1H3,(H,27,30). The number of amides is 1. The molecule has 1 atom stereocenters. The molecule has 0 fully saturated rings. The zero-order valence-electron chi connectivity index (χ0n) is 17.4. The fourth-order valence-electron chi connectivity index (χ4n) is 3.59. The van der Waals surface area contributed by atoms with Gasteiger partial charge in [-0.2, -0.15) is 0 Å². The van der Waals surface area contributed by atoms with Gasteiger partial charge in [-0.05, 0) is 30.2 Å². The molecule has 0 radical (unpaired) electrons. The summed E-state index contributed by atoms with van der Waals surface area (Å²) in [5.41, 5.74) is 2.83. The molecule has 0 saturated carbocycles. The van der Waals surface area contributed by atoms with Crippen molar-refractivity contribution in [3.05, 3.63) is 64.3 Å². The van der Waals surface area contributed by atoms with E-state index in [0.717, 1.165) is 34.9 Å². The summed E-state index contributed by atoms with van der Waals surface area (Å²) in [6.07, 6.45) is 3.73. The Morgan fingerprint density at radius 1 is 1.22 bits per heavy atom. The van der Waals surface area contributed by atoms with E-state index in [1.54, 1.807) is 6.07 Å². The molecule has 4 rings (SSSR count). The predicted molar refractivity (Wildman–Crippen MR) is 129 cm³/mol. The average molecular weight is 489 g/mol. The van der Waals surface area contributed by atoms with Crippen molar-refractivity contribution in [2.45, 2.75) is 30.9 Å². The number of fused-ring (bicyclic) bond motifs is 1. The lowest BCUT2D eigenvalue weighted by Gasteiger charge is -2.19. The molecule has 1 amide bonds. The summed E-state index contributed by atoms with van der Waals surface area (Å²) in [7, 11) is 0. The van der Waals surface area contributed by atoms with Crippen molar-refractivity contribution in [1.29, 1.82) is 0 Å². The minimum absolute atomic E-state index is 0.104. The van der Waals surface area contributed by atoms with Crippen LogP contribution in [0.1, 0.15) is 31.2 Å². The van der Waals surface area contributed by atoms with Crippen LogP contribution in [0.15, 0.2) is 58.3 Å². The minimum Gasteiger partial charge on any atom is -0.411 e. The van der Waals surface area contributed by atoms with Crippen LogP contribution in [0.2, 0.25) is 10.0 Å². The van der Waals surface area contributed by atoms with Crippen molar-refractivity contribution >= 4 is 51.8 Å². The molecule has 0 aliphatic carbocycles. The molecule has 2 heterocycles. The zero-order chi connectivity index (χ0) is 22.5. The van der Waals surface area contributed by atoms with Crippen molar-refractivity contribution in [3.63, 3.8) is 0 Å². The third kappa shape index (κ3) is 5.28. The number of H-pyrrole nitrogens is 1. The minimum atomic E-state index is -0.104. The number of nitrogens with one attached hydrogen (secondary N) is 2. The quantitative estimate of drug-likeness (QED) is 0.269. The molecule has 2 aromatic heterocycles. The number of benzene rings is 2. The highest BCUT2D eigenvalue weighted by molar-refractivity contribution is 7.99. The Bertz CT molecular complexity index is 1220. The van der Waals surface area contributed by atoms with Crippen molar-refractivity contribution in [3.8, 4) is 11.5 Å². The normalized spacial score (nSPS) is 12.2. The third-order valence-electron chi connectivity index (χ3n) is 5.14. The lowest BCUT2D eigenvalue weighted by atomic mass is 9.94. The zero-order valence-corrected chi connectivity index (χ0v) is 19.7. The SMILES string of the molecule is CCCC(CNC(=O)CSc1nnc(-c2c[nH]c3ccccc23)o1)c1ccc(Cl)cc1Cl. The molecule has 166 valence electrons. The first-order valence-corrected chi connectivity index (χ1v) is 12.0. The van der Waals surface area contributed by atoms with Crippen molar-refractivity contribution in [2.24, 2.45) is 0 Å². The Hall–Kier alpha value is -2.48. The Morgan fingerprint density at radius 3 is 2.88 bits per heavy atom. The Morgan fingerprint density at radius 2 is 2.06 bits per heavy atom. The van der Waals surface area contributed by atoms with E-state index in [4.69, 9.17) is 27.6 Å². The third-order valence-corrected chi connectivity index (χ3v) is 6.52. The molecule has 6 nitrogen and oxygen atoms in total. The Kier molecular flexibility index (Phi) is 7.40. The topological polar surface area (TPSA) is 83.8 Å². The molecule has 2 aromatic carbocycles. The van der Waals surface area contributed by atoms with E-state index < -0.39 is 0 Å². The van der Waals surface area contributed by atoms with Gasteiger partial charge in [-0.3, -0.25) is 4.79 Å². The summed E-state index contributed by atoms with van der Waals surface area (Å²) in [4.78, 5) is 15.6. The summed E-state index contributed by atoms with van der Waals surface area (Å²) in [5.74, 6) is 0.622. The highest BCUT2D eigenvalue weighted by Crippen LogP contribution is 2.31. The number of aromatic nitrogens is 3. The lowest BCUT2D eigenvalue weighted by Crippen LogP contribution is -2.30. The maximum absolute atomic E-state index is 12.4. The number of halogens is 2. The van der Waals surface area contributed by atoms with Gasteiger partial charge in [0, 0.05) is 39.6 Å². The summed E-state index contributed by atoms with van der Waals surface area (Å²) in [6.45, 7) is 2.61. The molecule has 9 heteroatoms. The van der Waals surface area contributed by atoms with Gasteiger partial charge >= 0.3 is 0 Å². The lowest BCUT2D eigenvalue weighted by molar-refractivity contribution is -0.118. The molecule has 2 N–H and O–H groups in total. The number of para-hydroxylation sites is 1. The van der Waals surface area contributed by atoms with E-state index in [9.17, 15) is 4.79 Å². The van der Waals surface area contributed by atoms with Crippen LogP contribution in [0.25, 0.3) is 22.4 Å². The van der Waals surface area contributed by atoms with Crippen LogP contribution in [-0.2, 0) is 4.79 Å². The highest BCUT2D eigenvalue weighted by atomic mass is 35.5. The Balaban J connectivity index is 1.34. The van der Waals surface area contributed by atoms with Crippen LogP contribution < -0.4 is 5.32 Å². The summed E-state index contributed by atoms with van der Waals surface area (Å²) in [5, 5.41) is 13.8. The molecule has 0 bridgehead atoms. The van der Waals surface area contributed by atoms with E-state index in [1.807, 2.05) is 42.6 Å². The first-order valence-electron chi connectivity index (χ1n) is 10.3. The second-order valence-electron chi connectivity index (χ2n) is 7.37. The second-order valence-corrected chi connectivity index (χ2v) is 9.14. The van der Waals surface area contributed by atoms with Crippen LogP contribution in [0.5, 0.6) is 0 Å². The molecule has 0 saturated heterocycles. The van der Waals surface area contributed by atoms with Gasteiger partial charge in [0.2, 0.25) is 5.91 Å². The number of thioether (sulfide) groups is 1. The van der Waals surface area contributed by atoms with E-state index in [1.165, 1.54) is 11.8 Å².